The van der Waals surface area contributed by atoms with Crippen molar-refractivity contribution in [1.82, 2.24) is 15.3 Å². The molecular formula is C22H25F3N4O2. The Bertz CT molecular complexity index is 968. The molecule has 6 nitrogen and oxygen atoms in total. The van der Waals surface area contributed by atoms with Crippen molar-refractivity contribution in [3.8, 4) is 11.3 Å². The van der Waals surface area contributed by atoms with Gasteiger partial charge in [0.25, 0.3) is 5.91 Å². The van der Waals surface area contributed by atoms with E-state index in [0.717, 1.165) is 37.8 Å². The minimum Gasteiger partial charge on any atom is -0.388 e. The summed E-state index contributed by atoms with van der Waals surface area (Å²) in [5, 5.41) is 13.1. The third kappa shape index (κ3) is 4.81. The van der Waals surface area contributed by atoms with E-state index in [1.165, 1.54) is 18.3 Å². The van der Waals surface area contributed by atoms with Crippen molar-refractivity contribution < 1.29 is 23.1 Å². The van der Waals surface area contributed by atoms with Crippen molar-refractivity contribution in [1.29, 1.82) is 0 Å². The van der Waals surface area contributed by atoms with Crippen LogP contribution >= 0.6 is 0 Å². The number of nitrogens with zero attached hydrogens (tertiary/aromatic N) is 3. The highest BCUT2D eigenvalue weighted by molar-refractivity contribution is 5.93. The van der Waals surface area contributed by atoms with Crippen molar-refractivity contribution >= 4 is 11.7 Å². The number of carbonyl (C=O) groups is 1. The van der Waals surface area contributed by atoms with Crippen LogP contribution < -0.4 is 10.2 Å². The van der Waals surface area contributed by atoms with E-state index >= 15 is 0 Å². The molecule has 0 saturated heterocycles. The zero-order valence-electron chi connectivity index (χ0n) is 17.4. The van der Waals surface area contributed by atoms with Gasteiger partial charge >= 0.3 is 6.18 Å². The van der Waals surface area contributed by atoms with Crippen LogP contribution in [0.3, 0.4) is 0 Å². The average Bonchev–Trinajstić information content (AvgIpc) is 3.63. The predicted molar refractivity (Wildman–Crippen MR) is 110 cm³/mol. The minimum absolute atomic E-state index is 0.0504. The summed E-state index contributed by atoms with van der Waals surface area (Å²) in [6.45, 7) is 1.79. The summed E-state index contributed by atoms with van der Waals surface area (Å²) in [5.74, 6) is 0.210. The van der Waals surface area contributed by atoms with E-state index in [-0.39, 0.29) is 18.2 Å². The Hall–Kier alpha value is -2.68. The van der Waals surface area contributed by atoms with E-state index in [1.54, 1.807) is 6.92 Å². The summed E-state index contributed by atoms with van der Waals surface area (Å²) in [7, 11) is 1.86. The molecular weight excluding hydrogens is 409 g/mol. The molecule has 2 N–H and O–H groups in total. The second-order valence-electron chi connectivity index (χ2n) is 8.66. The number of aliphatic hydroxyl groups is 1. The van der Waals surface area contributed by atoms with Gasteiger partial charge in [0.2, 0.25) is 0 Å². The first-order chi connectivity index (χ1) is 14.6. The molecule has 2 saturated carbocycles. The molecule has 1 aromatic heterocycles. The van der Waals surface area contributed by atoms with Crippen molar-refractivity contribution in [2.24, 2.45) is 5.92 Å². The van der Waals surface area contributed by atoms with Crippen LogP contribution in [0.15, 0.2) is 30.5 Å². The number of hydrogen-bond acceptors (Lipinski definition) is 5. The Labute approximate surface area is 178 Å². The third-order valence-electron chi connectivity index (χ3n) is 5.96. The number of carbonyl (C=O) groups excluding carboxylic acids is 1. The van der Waals surface area contributed by atoms with E-state index in [9.17, 15) is 23.1 Å². The van der Waals surface area contributed by atoms with Gasteiger partial charge < -0.3 is 15.3 Å². The number of amides is 1. The number of halogens is 3. The average molecular weight is 434 g/mol. The van der Waals surface area contributed by atoms with Crippen molar-refractivity contribution in [3.63, 3.8) is 0 Å². The van der Waals surface area contributed by atoms with E-state index in [1.807, 2.05) is 11.9 Å². The number of benzene rings is 1. The van der Waals surface area contributed by atoms with Gasteiger partial charge in [0, 0.05) is 25.2 Å². The molecule has 1 heterocycles. The molecule has 0 unspecified atom stereocenters. The molecule has 166 valence electrons. The summed E-state index contributed by atoms with van der Waals surface area (Å²) < 4.78 is 38.8. The SMILES string of the molecule is CN(c1ncc(C(=O)NC[C@](C)(O)C2CC2)nc1-c1ccc(C(F)(F)F)cc1)C1CC1. The molecule has 2 aromatic rings. The Morgan fingerprint density at radius 1 is 1.19 bits per heavy atom. The fraction of sp³-hybridized carbons (Fsp3) is 0.500. The first-order valence-electron chi connectivity index (χ1n) is 10.3. The molecule has 2 aliphatic rings. The highest BCUT2D eigenvalue weighted by Crippen LogP contribution is 2.39. The second-order valence-corrected chi connectivity index (χ2v) is 8.66. The predicted octanol–water partition coefficient (Wildman–Crippen LogP) is 3.65. The number of anilines is 1. The van der Waals surface area contributed by atoms with E-state index < -0.39 is 23.2 Å². The van der Waals surface area contributed by atoms with Gasteiger partial charge in [0.1, 0.15) is 11.4 Å². The van der Waals surface area contributed by atoms with Gasteiger partial charge in [-0.25, -0.2) is 9.97 Å². The first kappa shape index (κ1) is 21.5. The Morgan fingerprint density at radius 2 is 1.84 bits per heavy atom. The largest absolute Gasteiger partial charge is 0.416 e. The molecule has 2 fully saturated rings. The monoisotopic (exact) mass is 434 g/mol. The van der Waals surface area contributed by atoms with Crippen LogP contribution in [0.25, 0.3) is 11.3 Å². The van der Waals surface area contributed by atoms with Gasteiger partial charge in [-0.15, -0.1) is 0 Å². The van der Waals surface area contributed by atoms with Crippen LogP contribution in [0.2, 0.25) is 0 Å². The number of hydrogen-bond donors (Lipinski definition) is 2. The van der Waals surface area contributed by atoms with Gasteiger partial charge in [-0.1, -0.05) is 12.1 Å². The zero-order chi connectivity index (χ0) is 22.4. The highest BCUT2D eigenvalue weighted by atomic mass is 19.4. The topological polar surface area (TPSA) is 78.4 Å². The fourth-order valence-corrected chi connectivity index (χ4v) is 3.60. The van der Waals surface area contributed by atoms with Crippen LogP contribution in [-0.2, 0) is 6.18 Å². The fourth-order valence-electron chi connectivity index (χ4n) is 3.60. The first-order valence-corrected chi connectivity index (χ1v) is 10.3. The minimum atomic E-state index is -4.43. The standard InChI is InChI=1S/C22H25F3N4O2/c1-21(31,14-7-8-14)12-27-20(30)17-11-26-19(29(2)16-9-10-16)18(28-17)13-3-5-15(6-4-13)22(23,24)25/h3-6,11,14,16,31H,7-10,12H2,1-2H3,(H,27,30)/t21-/m0/s1. The summed E-state index contributed by atoms with van der Waals surface area (Å²) in [6.07, 6.45) is 0.805. The lowest BCUT2D eigenvalue weighted by molar-refractivity contribution is -0.137. The quantitative estimate of drug-likeness (QED) is 0.696. The van der Waals surface area contributed by atoms with Crippen LogP contribution in [0.4, 0.5) is 19.0 Å². The summed E-state index contributed by atoms with van der Waals surface area (Å²) in [5.41, 5.74) is -0.884. The van der Waals surface area contributed by atoms with Gasteiger partial charge in [0.05, 0.1) is 17.4 Å². The lowest BCUT2D eigenvalue weighted by Crippen LogP contribution is -2.42. The molecule has 9 heteroatoms. The smallest absolute Gasteiger partial charge is 0.388 e. The van der Waals surface area contributed by atoms with Crippen LogP contribution in [0, 0.1) is 5.92 Å². The normalized spacial score (nSPS) is 18.4. The van der Waals surface area contributed by atoms with Gasteiger partial charge in [-0.05, 0) is 50.7 Å². The molecule has 0 aliphatic heterocycles. The Balaban J connectivity index is 1.62. The van der Waals surface area contributed by atoms with Gasteiger partial charge in [-0.2, -0.15) is 13.2 Å². The lowest BCUT2D eigenvalue weighted by Gasteiger charge is -2.23. The number of rotatable bonds is 7. The van der Waals surface area contributed by atoms with E-state index in [2.05, 4.69) is 15.3 Å². The molecule has 1 amide bonds. The number of nitrogens with one attached hydrogen (secondary N) is 1. The van der Waals surface area contributed by atoms with Crippen LogP contribution in [0.5, 0.6) is 0 Å². The number of alkyl halides is 3. The molecule has 4 rings (SSSR count). The summed E-state index contributed by atoms with van der Waals surface area (Å²) in [6, 6.07) is 4.98. The Morgan fingerprint density at radius 3 is 2.39 bits per heavy atom. The molecule has 0 bridgehead atoms. The van der Waals surface area contributed by atoms with Crippen molar-refractivity contribution in [3.05, 3.63) is 41.7 Å². The molecule has 0 radical (unpaired) electrons. The van der Waals surface area contributed by atoms with E-state index in [4.69, 9.17) is 0 Å². The van der Waals surface area contributed by atoms with Crippen LogP contribution in [-0.4, -0.2) is 46.2 Å². The van der Waals surface area contributed by atoms with Gasteiger partial charge in [0.15, 0.2) is 5.82 Å². The maximum Gasteiger partial charge on any atom is 0.416 e. The molecule has 0 spiro atoms. The van der Waals surface area contributed by atoms with Gasteiger partial charge in [-0.3, -0.25) is 4.79 Å². The highest BCUT2D eigenvalue weighted by Gasteiger charge is 2.40. The van der Waals surface area contributed by atoms with Crippen molar-refractivity contribution in [2.75, 3.05) is 18.5 Å². The maximum absolute atomic E-state index is 12.9. The molecule has 31 heavy (non-hydrogen) atoms. The lowest BCUT2D eigenvalue weighted by atomic mass is 10.0. The zero-order valence-corrected chi connectivity index (χ0v) is 17.4. The molecule has 2 aliphatic carbocycles. The Kier molecular flexibility index (Phi) is 5.41. The van der Waals surface area contributed by atoms with Crippen molar-refractivity contribution in [2.45, 2.75) is 50.4 Å². The molecule has 1 aromatic carbocycles. The third-order valence-corrected chi connectivity index (χ3v) is 5.96. The summed E-state index contributed by atoms with van der Waals surface area (Å²) in [4.78, 5) is 23.5. The van der Waals surface area contributed by atoms with Crippen LogP contribution in [0.1, 0.15) is 48.7 Å². The number of aromatic nitrogens is 2. The second kappa shape index (κ2) is 7.78. The molecule has 1 atom stereocenters. The van der Waals surface area contributed by atoms with E-state index in [0.29, 0.717) is 23.1 Å². The summed E-state index contributed by atoms with van der Waals surface area (Å²) >= 11 is 0. The maximum atomic E-state index is 12.9.